The molecule has 0 bridgehead atoms. The van der Waals surface area contributed by atoms with Crippen molar-refractivity contribution in [3.8, 4) is 5.75 Å². The molecule has 0 spiro atoms. The van der Waals surface area contributed by atoms with Crippen molar-refractivity contribution >= 4 is 74.9 Å². The minimum Gasteiger partial charge on any atom is -0.495 e. The van der Waals surface area contributed by atoms with Crippen LogP contribution in [0, 0.1) is 6.07 Å². The highest BCUT2D eigenvalue weighted by Crippen LogP contribution is 2.35. The Bertz CT molecular complexity index is 1260. The molecule has 0 saturated heterocycles. The second-order valence-corrected chi connectivity index (χ2v) is 10.2. The molecule has 0 aliphatic heterocycles. The van der Waals surface area contributed by atoms with E-state index < -0.39 is 7.92 Å². The highest BCUT2D eigenvalue weighted by atomic mass is 79.9. The summed E-state index contributed by atoms with van der Waals surface area (Å²) in [6.45, 7) is 4.38. The molecule has 0 fully saturated rings. The van der Waals surface area contributed by atoms with Crippen LogP contribution in [0.3, 0.4) is 0 Å². The first-order chi connectivity index (χ1) is 15.0. The molecule has 0 aliphatic carbocycles. The van der Waals surface area contributed by atoms with Crippen LogP contribution in [0.15, 0.2) is 47.3 Å². The Morgan fingerprint density at radius 1 is 1.10 bits per heavy atom. The fourth-order valence-electron chi connectivity index (χ4n) is 3.06. The van der Waals surface area contributed by atoms with E-state index in [2.05, 4.69) is 65.9 Å². The first kappa shape index (κ1) is 21.7. The number of hydrogen-bond acceptors (Lipinski definition) is 7. The first-order valence-corrected chi connectivity index (χ1v) is 12.6. The van der Waals surface area contributed by atoms with E-state index in [0.29, 0.717) is 28.2 Å². The first-order valence-electron chi connectivity index (χ1n) is 9.19. The number of nitrogens with one attached hydrogen (secondary N) is 2. The molecule has 4 aromatic rings. The van der Waals surface area contributed by atoms with E-state index in [1.54, 1.807) is 37.8 Å². The van der Waals surface area contributed by atoms with Crippen LogP contribution >= 0.6 is 35.5 Å². The van der Waals surface area contributed by atoms with Gasteiger partial charge in [0.25, 0.3) is 0 Å². The minimum atomic E-state index is -0.454. The average Bonchev–Trinajstić information content (AvgIpc) is 2.76. The van der Waals surface area contributed by atoms with E-state index >= 15 is 0 Å². The van der Waals surface area contributed by atoms with Crippen molar-refractivity contribution in [3.05, 3.63) is 58.4 Å². The third kappa shape index (κ3) is 4.71. The summed E-state index contributed by atoms with van der Waals surface area (Å²) in [5.41, 5.74) is 3.34. The summed E-state index contributed by atoms with van der Waals surface area (Å²) in [4.78, 5) is 18.0. The Labute approximate surface area is 194 Å². The van der Waals surface area contributed by atoms with Crippen LogP contribution in [-0.4, -0.2) is 40.4 Å². The predicted octanol–water partition coefficient (Wildman–Crippen LogP) is 5.50. The SMILES string of the molecule is COc1c[c]c(Cl)cc1Nc1ncc(Br)c(Nc2ccc3nccnc3c2P(C)C)n1. The molecule has 7 nitrogen and oxygen atoms in total. The number of nitrogens with zero attached hydrogens (tertiary/aromatic N) is 4. The molecule has 4 rings (SSSR count). The Morgan fingerprint density at radius 3 is 2.68 bits per heavy atom. The molecule has 0 saturated carbocycles. The van der Waals surface area contributed by atoms with E-state index in [0.717, 1.165) is 26.5 Å². The van der Waals surface area contributed by atoms with Crippen molar-refractivity contribution in [2.45, 2.75) is 0 Å². The summed E-state index contributed by atoms with van der Waals surface area (Å²) in [7, 11) is 1.13. The van der Waals surface area contributed by atoms with Crippen LogP contribution in [0.4, 0.5) is 23.1 Å². The lowest BCUT2D eigenvalue weighted by Crippen LogP contribution is -2.12. The summed E-state index contributed by atoms with van der Waals surface area (Å²) in [5, 5.41) is 8.17. The largest absolute Gasteiger partial charge is 0.495 e. The zero-order chi connectivity index (χ0) is 22.0. The molecule has 157 valence electrons. The molecule has 2 N–H and O–H groups in total. The fourth-order valence-corrected chi connectivity index (χ4v) is 4.72. The second-order valence-electron chi connectivity index (χ2n) is 6.68. The summed E-state index contributed by atoms with van der Waals surface area (Å²) in [6, 6.07) is 10.2. The standard InChI is InChI=1S/C21H18BrClN6OP/c1-30-17-7-4-12(23)10-16(17)28-21-26-11-13(22)20(29-21)27-15-6-5-14-18(19(15)31(2)3)25-9-8-24-14/h5-11H,1-3H3,(H2,26,27,28,29). The van der Waals surface area contributed by atoms with Gasteiger partial charge in [-0.05, 0) is 53.5 Å². The third-order valence-electron chi connectivity index (χ3n) is 4.40. The zero-order valence-corrected chi connectivity index (χ0v) is 20.2. The van der Waals surface area contributed by atoms with Crippen molar-refractivity contribution in [1.82, 2.24) is 19.9 Å². The minimum absolute atomic E-state index is 0.392. The van der Waals surface area contributed by atoms with Crippen molar-refractivity contribution in [2.75, 3.05) is 31.1 Å². The Hall–Kier alpha value is -2.54. The summed E-state index contributed by atoms with van der Waals surface area (Å²) in [5.74, 6) is 1.60. The van der Waals surface area contributed by atoms with Crippen LogP contribution in [0.5, 0.6) is 5.75 Å². The van der Waals surface area contributed by atoms with E-state index in [-0.39, 0.29) is 0 Å². The number of anilines is 4. The average molecular weight is 517 g/mol. The van der Waals surface area contributed by atoms with Gasteiger partial charge in [-0.15, -0.1) is 0 Å². The lowest BCUT2D eigenvalue weighted by molar-refractivity contribution is 0.416. The van der Waals surface area contributed by atoms with E-state index in [1.807, 2.05) is 12.1 Å². The monoisotopic (exact) mass is 515 g/mol. The van der Waals surface area contributed by atoms with Crippen molar-refractivity contribution in [1.29, 1.82) is 0 Å². The van der Waals surface area contributed by atoms with Gasteiger partial charge in [-0.1, -0.05) is 19.5 Å². The van der Waals surface area contributed by atoms with E-state index in [4.69, 9.17) is 16.3 Å². The van der Waals surface area contributed by atoms with Gasteiger partial charge in [-0.2, -0.15) is 4.98 Å². The number of halogens is 2. The molecule has 0 atom stereocenters. The van der Waals surface area contributed by atoms with Crippen molar-refractivity contribution in [2.24, 2.45) is 0 Å². The molecular weight excluding hydrogens is 499 g/mol. The number of ether oxygens (including phenoxy) is 1. The number of aromatic nitrogens is 4. The predicted molar refractivity (Wildman–Crippen MR) is 131 cm³/mol. The van der Waals surface area contributed by atoms with Gasteiger partial charge in [0.15, 0.2) is 0 Å². The van der Waals surface area contributed by atoms with Crippen LogP contribution in [0.2, 0.25) is 5.02 Å². The summed E-state index contributed by atoms with van der Waals surface area (Å²) in [6.07, 6.45) is 5.10. The van der Waals surface area contributed by atoms with Gasteiger partial charge in [0.1, 0.15) is 11.6 Å². The fraction of sp³-hybridized carbons (Fsp3) is 0.143. The van der Waals surface area contributed by atoms with Crippen LogP contribution < -0.4 is 20.7 Å². The topological polar surface area (TPSA) is 84.9 Å². The maximum Gasteiger partial charge on any atom is 0.229 e. The number of hydrogen-bond donors (Lipinski definition) is 2. The Morgan fingerprint density at radius 2 is 1.90 bits per heavy atom. The highest BCUT2D eigenvalue weighted by molar-refractivity contribution is 9.10. The van der Waals surface area contributed by atoms with Crippen LogP contribution in [0.25, 0.3) is 11.0 Å². The molecular formula is C21H18BrClN6OP. The van der Waals surface area contributed by atoms with Gasteiger partial charge < -0.3 is 15.4 Å². The number of methoxy groups -OCH3 is 1. The molecule has 10 heteroatoms. The number of benzene rings is 2. The molecule has 2 heterocycles. The van der Waals surface area contributed by atoms with Crippen molar-refractivity contribution in [3.63, 3.8) is 0 Å². The lowest BCUT2D eigenvalue weighted by Gasteiger charge is -2.17. The summed E-state index contributed by atoms with van der Waals surface area (Å²) < 4.78 is 6.09. The molecule has 1 radical (unpaired) electrons. The molecule has 31 heavy (non-hydrogen) atoms. The number of fused-ring (bicyclic) bond motifs is 1. The van der Waals surface area contributed by atoms with Gasteiger partial charge >= 0.3 is 0 Å². The molecule has 0 amide bonds. The maximum absolute atomic E-state index is 6.08. The van der Waals surface area contributed by atoms with Gasteiger partial charge in [-0.3, -0.25) is 9.97 Å². The van der Waals surface area contributed by atoms with Crippen molar-refractivity contribution < 1.29 is 4.74 Å². The van der Waals surface area contributed by atoms with E-state index in [9.17, 15) is 0 Å². The van der Waals surface area contributed by atoms with Gasteiger partial charge in [-0.25, -0.2) is 4.98 Å². The Balaban J connectivity index is 1.71. The smallest absolute Gasteiger partial charge is 0.229 e. The lowest BCUT2D eigenvalue weighted by atomic mass is 10.2. The molecule has 0 aliphatic rings. The molecule has 2 aromatic heterocycles. The van der Waals surface area contributed by atoms with Crippen LogP contribution in [-0.2, 0) is 0 Å². The summed E-state index contributed by atoms with van der Waals surface area (Å²) >= 11 is 9.61. The highest BCUT2D eigenvalue weighted by Gasteiger charge is 2.15. The maximum atomic E-state index is 6.08. The normalized spacial score (nSPS) is 11.0. The molecule has 0 unspecified atom stereocenters. The quantitative estimate of drug-likeness (QED) is 0.327. The Kier molecular flexibility index (Phi) is 6.51. The molecule has 2 aromatic carbocycles. The van der Waals surface area contributed by atoms with Gasteiger partial charge in [0.2, 0.25) is 5.95 Å². The van der Waals surface area contributed by atoms with Gasteiger partial charge in [0, 0.05) is 35.6 Å². The van der Waals surface area contributed by atoms with Gasteiger partial charge in [0.05, 0.1) is 33.3 Å². The number of rotatable bonds is 6. The van der Waals surface area contributed by atoms with Crippen LogP contribution in [0.1, 0.15) is 0 Å². The van der Waals surface area contributed by atoms with E-state index in [1.165, 1.54) is 0 Å². The zero-order valence-electron chi connectivity index (χ0n) is 16.9. The second kappa shape index (κ2) is 9.30. The third-order valence-corrected chi connectivity index (χ3v) is 6.55.